The molecule has 0 saturated carbocycles. The average molecular weight is 264 g/mol. The van der Waals surface area contributed by atoms with Gasteiger partial charge >= 0.3 is 0 Å². The molecule has 0 spiro atoms. The number of hydrogen-bond acceptors (Lipinski definition) is 2. The van der Waals surface area contributed by atoms with Gasteiger partial charge in [-0.15, -0.1) is 0 Å². The summed E-state index contributed by atoms with van der Waals surface area (Å²) in [6.07, 6.45) is 5.38. The van der Waals surface area contributed by atoms with Gasteiger partial charge in [-0.05, 0) is 45.2 Å². The highest BCUT2D eigenvalue weighted by Gasteiger charge is 2.17. The lowest BCUT2D eigenvalue weighted by Crippen LogP contribution is -2.25. The number of hydrogen-bond donors (Lipinski definition) is 0. The number of allylic oxidation sites excluding steroid dienone is 2. The third-order valence-electron chi connectivity index (χ3n) is 3.19. The summed E-state index contributed by atoms with van der Waals surface area (Å²) < 4.78 is 25.3. The predicted octanol–water partition coefficient (Wildman–Crippen LogP) is 4.24. The van der Waals surface area contributed by atoms with E-state index in [1.54, 1.807) is 6.07 Å². The topological polar surface area (TPSA) is 18.5 Å². The molecule has 0 radical (unpaired) electrons. The van der Waals surface area contributed by atoms with Crippen LogP contribution in [0, 0.1) is 5.82 Å². The first-order chi connectivity index (χ1) is 9.16. The molecular weight excluding hydrogens is 243 g/mol. The van der Waals surface area contributed by atoms with E-state index >= 15 is 0 Å². The van der Waals surface area contributed by atoms with Crippen LogP contribution in [-0.4, -0.2) is 12.9 Å². The molecule has 0 aromatic heterocycles. The second-order valence-corrected chi connectivity index (χ2v) is 5.12. The third kappa shape index (κ3) is 4.06. The van der Waals surface area contributed by atoms with Gasteiger partial charge in [0.1, 0.15) is 11.6 Å². The highest BCUT2D eigenvalue weighted by molar-refractivity contribution is 5.36. The maximum absolute atomic E-state index is 13.9. The first kappa shape index (κ1) is 14.1. The van der Waals surface area contributed by atoms with Gasteiger partial charge < -0.3 is 9.47 Å². The lowest BCUT2D eigenvalue weighted by Gasteiger charge is -2.24. The Kier molecular flexibility index (Phi) is 4.97. The van der Waals surface area contributed by atoms with Crippen LogP contribution in [0.2, 0.25) is 0 Å². The summed E-state index contributed by atoms with van der Waals surface area (Å²) in [7, 11) is 0. The van der Waals surface area contributed by atoms with Gasteiger partial charge in [-0.3, -0.25) is 0 Å². The normalized spacial score (nSPS) is 19.0. The molecule has 1 aliphatic heterocycles. The van der Waals surface area contributed by atoms with Crippen molar-refractivity contribution in [2.75, 3.05) is 6.61 Å². The molecule has 3 heteroatoms. The summed E-state index contributed by atoms with van der Waals surface area (Å²) in [5.41, 5.74) is 1.78. The zero-order chi connectivity index (χ0) is 13.7. The Hall–Kier alpha value is -1.35. The molecule has 2 nitrogen and oxygen atoms in total. The Morgan fingerprint density at radius 1 is 1.42 bits per heavy atom. The van der Waals surface area contributed by atoms with Crippen LogP contribution in [0.15, 0.2) is 29.8 Å². The second-order valence-electron chi connectivity index (χ2n) is 5.12. The molecule has 1 fully saturated rings. The number of rotatable bonds is 4. The van der Waals surface area contributed by atoms with Gasteiger partial charge in [-0.25, -0.2) is 4.39 Å². The van der Waals surface area contributed by atoms with E-state index in [1.165, 1.54) is 11.6 Å². The smallest absolute Gasteiger partial charge is 0.199 e. The minimum atomic E-state index is -0.235. The maximum Gasteiger partial charge on any atom is 0.199 e. The molecule has 0 bridgehead atoms. The summed E-state index contributed by atoms with van der Waals surface area (Å²) in [4.78, 5) is 0. The van der Waals surface area contributed by atoms with Gasteiger partial charge in [0.15, 0.2) is 6.29 Å². The van der Waals surface area contributed by atoms with Crippen molar-refractivity contribution in [1.82, 2.24) is 0 Å². The van der Waals surface area contributed by atoms with Gasteiger partial charge in [0.25, 0.3) is 0 Å². The fraction of sp³-hybridized carbons (Fsp3) is 0.500. The molecule has 1 aromatic rings. The number of benzene rings is 1. The molecule has 1 saturated heterocycles. The largest absolute Gasteiger partial charge is 0.465 e. The van der Waals surface area contributed by atoms with E-state index in [0.29, 0.717) is 17.7 Å². The fourth-order valence-electron chi connectivity index (χ4n) is 2.10. The van der Waals surface area contributed by atoms with Gasteiger partial charge in [-0.2, -0.15) is 0 Å². The summed E-state index contributed by atoms with van der Waals surface area (Å²) in [6.45, 7) is 4.74. The molecule has 0 amide bonds. The zero-order valence-corrected chi connectivity index (χ0v) is 11.6. The van der Waals surface area contributed by atoms with E-state index in [-0.39, 0.29) is 12.1 Å². The van der Waals surface area contributed by atoms with E-state index in [4.69, 9.17) is 9.47 Å². The molecular formula is C16H21FO2. The first-order valence-corrected chi connectivity index (χ1v) is 6.86. The summed E-state index contributed by atoms with van der Waals surface area (Å²) >= 11 is 0. The molecule has 0 aliphatic carbocycles. The molecule has 1 heterocycles. The van der Waals surface area contributed by atoms with Crippen molar-refractivity contribution < 1.29 is 13.9 Å². The predicted molar refractivity (Wildman–Crippen MR) is 73.8 cm³/mol. The van der Waals surface area contributed by atoms with Crippen LogP contribution in [0.3, 0.4) is 0 Å². The van der Waals surface area contributed by atoms with Crippen molar-refractivity contribution in [3.05, 3.63) is 41.2 Å². The van der Waals surface area contributed by atoms with E-state index in [0.717, 1.165) is 25.9 Å². The van der Waals surface area contributed by atoms with Gasteiger partial charge in [0.05, 0.1) is 6.61 Å². The highest BCUT2D eigenvalue weighted by atomic mass is 19.1. The van der Waals surface area contributed by atoms with Crippen molar-refractivity contribution in [3.8, 4) is 5.75 Å². The Morgan fingerprint density at radius 2 is 2.26 bits per heavy atom. The first-order valence-electron chi connectivity index (χ1n) is 6.86. The van der Waals surface area contributed by atoms with E-state index in [2.05, 4.69) is 0 Å². The van der Waals surface area contributed by atoms with Crippen LogP contribution in [0.25, 0.3) is 0 Å². The monoisotopic (exact) mass is 264 g/mol. The highest BCUT2D eigenvalue weighted by Crippen LogP contribution is 2.26. The lowest BCUT2D eigenvalue weighted by molar-refractivity contribution is -0.106. The van der Waals surface area contributed by atoms with Crippen molar-refractivity contribution in [3.63, 3.8) is 0 Å². The molecule has 0 N–H and O–H groups in total. The Bertz CT molecular complexity index is 444. The summed E-state index contributed by atoms with van der Waals surface area (Å²) in [6, 6.07) is 4.97. The lowest BCUT2D eigenvalue weighted by atomic mass is 10.1. The summed E-state index contributed by atoms with van der Waals surface area (Å²) in [5, 5.41) is 0. The maximum atomic E-state index is 13.9. The molecule has 1 aliphatic rings. The fourth-order valence-corrected chi connectivity index (χ4v) is 2.10. The minimum Gasteiger partial charge on any atom is -0.465 e. The molecule has 2 rings (SSSR count). The quantitative estimate of drug-likeness (QED) is 0.757. The third-order valence-corrected chi connectivity index (χ3v) is 3.19. The molecule has 104 valence electrons. The van der Waals surface area contributed by atoms with Crippen LogP contribution in [0.1, 0.15) is 38.7 Å². The van der Waals surface area contributed by atoms with Crippen molar-refractivity contribution in [2.45, 2.75) is 45.8 Å². The van der Waals surface area contributed by atoms with Crippen LogP contribution in [0.5, 0.6) is 5.75 Å². The molecule has 1 aromatic carbocycles. The number of ether oxygens (including phenoxy) is 2. The van der Waals surface area contributed by atoms with Gasteiger partial charge in [-0.1, -0.05) is 17.7 Å². The standard InChI is InChI=1S/C16H21FO2/c1-12(2)9-10-13-14(17)6-5-7-15(13)19-16-8-3-4-11-18-16/h5-7,9,16H,3-4,8,10-11H2,1-2H3. The molecule has 1 unspecified atom stereocenters. The average Bonchev–Trinajstić information content (AvgIpc) is 2.39. The zero-order valence-electron chi connectivity index (χ0n) is 11.6. The van der Waals surface area contributed by atoms with Crippen molar-refractivity contribution in [1.29, 1.82) is 0 Å². The Morgan fingerprint density at radius 3 is 2.95 bits per heavy atom. The Balaban J connectivity index is 2.14. The van der Waals surface area contributed by atoms with E-state index in [1.807, 2.05) is 26.0 Å². The van der Waals surface area contributed by atoms with Crippen LogP contribution in [-0.2, 0) is 11.2 Å². The van der Waals surface area contributed by atoms with E-state index < -0.39 is 0 Å². The van der Waals surface area contributed by atoms with Crippen LogP contribution >= 0.6 is 0 Å². The minimum absolute atomic E-state index is 0.217. The molecule has 1 atom stereocenters. The van der Waals surface area contributed by atoms with Crippen molar-refractivity contribution in [2.24, 2.45) is 0 Å². The van der Waals surface area contributed by atoms with Crippen molar-refractivity contribution >= 4 is 0 Å². The number of halogens is 1. The van der Waals surface area contributed by atoms with Gasteiger partial charge in [0, 0.05) is 12.0 Å². The summed E-state index contributed by atoms with van der Waals surface area (Å²) in [5.74, 6) is 0.384. The molecule has 19 heavy (non-hydrogen) atoms. The van der Waals surface area contributed by atoms with E-state index in [9.17, 15) is 4.39 Å². The second kappa shape index (κ2) is 6.71. The Labute approximate surface area is 114 Å². The van der Waals surface area contributed by atoms with Crippen LogP contribution in [0.4, 0.5) is 4.39 Å². The van der Waals surface area contributed by atoms with Crippen LogP contribution < -0.4 is 4.74 Å². The van der Waals surface area contributed by atoms with Gasteiger partial charge in [0.2, 0.25) is 0 Å². The SMILES string of the molecule is CC(C)=CCc1c(F)cccc1OC1CCCCO1.